The number of aromatic carboxylic acids is 1. The molecule has 0 fully saturated rings. The second-order valence-electron chi connectivity index (χ2n) is 9.99. The van der Waals surface area contributed by atoms with Crippen LogP contribution in [-0.2, 0) is 13.6 Å². The van der Waals surface area contributed by atoms with Crippen molar-refractivity contribution in [3.05, 3.63) is 119 Å². The number of aliphatic imine (C=N–C) groups is 1. The number of amides is 1. The summed E-state index contributed by atoms with van der Waals surface area (Å²) in [6, 6.07) is 14.4. The molecule has 0 unspecified atom stereocenters. The lowest BCUT2D eigenvalue weighted by Crippen LogP contribution is -2.23. The van der Waals surface area contributed by atoms with Gasteiger partial charge in [0.2, 0.25) is 0 Å². The number of carboxylic acids is 1. The minimum absolute atomic E-state index is 0.203. The molecule has 3 aromatic rings. The third-order valence-corrected chi connectivity index (χ3v) is 6.83. The number of unbranched alkanes of at least 4 members (excludes halogenated alkanes) is 1. The molecule has 0 bridgehead atoms. The SMILES string of the molecule is C=CCCC(=C\c1cc(-c2cc(C(=O)NCc3ccc(C(=O)O)cc3)nn2C)ccc1C)/C(=C/C)/C=N/C=C/CCC. The predicted octanol–water partition coefficient (Wildman–Crippen LogP) is 7.70. The van der Waals surface area contributed by atoms with Gasteiger partial charge in [-0.05, 0) is 85.2 Å². The Hall–Kier alpha value is -4.78. The number of aromatic nitrogens is 2. The van der Waals surface area contributed by atoms with Gasteiger partial charge in [0.05, 0.1) is 11.3 Å². The Labute approximate surface area is 248 Å². The molecule has 218 valence electrons. The fraction of sp³-hybridized carbons (Fsp3) is 0.257. The molecule has 3 rings (SSSR count). The number of rotatable bonds is 14. The summed E-state index contributed by atoms with van der Waals surface area (Å²) in [6.07, 6.45) is 15.8. The van der Waals surface area contributed by atoms with Crippen LogP contribution in [0.5, 0.6) is 0 Å². The van der Waals surface area contributed by atoms with Crippen molar-refractivity contribution in [3.8, 4) is 11.3 Å². The lowest BCUT2D eigenvalue weighted by atomic mass is 9.95. The largest absolute Gasteiger partial charge is 0.478 e. The summed E-state index contributed by atoms with van der Waals surface area (Å²) in [4.78, 5) is 28.5. The number of nitrogens with one attached hydrogen (secondary N) is 1. The van der Waals surface area contributed by atoms with Crippen molar-refractivity contribution >= 4 is 24.2 Å². The molecule has 0 atom stereocenters. The van der Waals surface area contributed by atoms with Crippen LogP contribution in [0.15, 0.2) is 95.7 Å². The first-order valence-electron chi connectivity index (χ1n) is 14.2. The molecule has 1 amide bonds. The van der Waals surface area contributed by atoms with Gasteiger partial charge < -0.3 is 10.4 Å². The van der Waals surface area contributed by atoms with Gasteiger partial charge in [-0.25, -0.2) is 4.79 Å². The first-order chi connectivity index (χ1) is 20.3. The quantitative estimate of drug-likeness (QED) is 0.119. The van der Waals surface area contributed by atoms with Crippen LogP contribution in [-0.4, -0.2) is 33.0 Å². The fourth-order valence-electron chi connectivity index (χ4n) is 4.36. The first kappa shape index (κ1) is 31.7. The highest BCUT2D eigenvalue weighted by atomic mass is 16.4. The van der Waals surface area contributed by atoms with Crippen LogP contribution < -0.4 is 5.32 Å². The number of allylic oxidation sites excluding steroid dienone is 5. The van der Waals surface area contributed by atoms with Gasteiger partial charge in [-0.3, -0.25) is 14.5 Å². The minimum Gasteiger partial charge on any atom is -0.478 e. The monoisotopic (exact) mass is 564 g/mol. The lowest BCUT2D eigenvalue weighted by molar-refractivity contribution is 0.0696. The van der Waals surface area contributed by atoms with Crippen LogP contribution >= 0.6 is 0 Å². The summed E-state index contributed by atoms with van der Waals surface area (Å²) in [5.41, 5.74) is 7.54. The van der Waals surface area contributed by atoms with Crippen molar-refractivity contribution in [2.24, 2.45) is 12.0 Å². The molecule has 0 spiro atoms. The zero-order valence-electron chi connectivity index (χ0n) is 24.9. The van der Waals surface area contributed by atoms with Gasteiger partial charge >= 0.3 is 5.97 Å². The highest BCUT2D eigenvalue weighted by Crippen LogP contribution is 2.27. The predicted molar refractivity (Wildman–Crippen MR) is 172 cm³/mol. The fourth-order valence-corrected chi connectivity index (χ4v) is 4.36. The molecular formula is C35H40N4O3. The van der Waals surface area contributed by atoms with E-state index in [4.69, 9.17) is 5.11 Å². The van der Waals surface area contributed by atoms with Crippen LogP contribution in [0.2, 0.25) is 0 Å². The van der Waals surface area contributed by atoms with Crippen molar-refractivity contribution in [2.75, 3.05) is 0 Å². The molecule has 2 N–H and O–H groups in total. The second-order valence-corrected chi connectivity index (χ2v) is 9.99. The van der Waals surface area contributed by atoms with E-state index in [1.54, 1.807) is 22.9 Å². The Morgan fingerprint density at radius 3 is 2.55 bits per heavy atom. The molecule has 7 heteroatoms. The summed E-state index contributed by atoms with van der Waals surface area (Å²) in [7, 11) is 1.82. The van der Waals surface area contributed by atoms with Crippen LogP contribution in [0, 0.1) is 6.92 Å². The highest BCUT2D eigenvalue weighted by Gasteiger charge is 2.15. The zero-order valence-corrected chi connectivity index (χ0v) is 24.9. The van der Waals surface area contributed by atoms with Gasteiger partial charge in [0.1, 0.15) is 0 Å². The number of benzene rings is 2. The van der Waals surface area contributed by atoms with Crippen LogP contribution in [0.1, 0.15) is 77.1 Å². The van der Waals surface area contributed by atoms with Gasteiger partial charge in [0, 0.05) is 31.6 Å². The van der Waals surface area contributed by atoms with Gasteiger partial charge in [-0.2, -0.15) is 5.10 Å². The standard InChI is InChI=1S/C35H40N4O3/c1-6-9-11-19-36-24-27(8-3)29(12-10-7-2)20-31-21-30(16-13-25(31)4)33-22-32(38-39(33)5)34(40)37-23-26-14-17-28(18-15-26)35(41)42/h7-8,11,13-22,24H,2,6,9-10,12,23H2,1,3-5H3,(H,37,40)(H,41,42)/b19-11+,27-8+,29-20+,36-24+. The Kier molecular flexibility index (Phi) is 12.0. The van der Waals surface area contributed by atoms with E-state index in [2.05, 4.69) is 66.2 Å². The van der Waals surface area contributed by atoms with Crippen LogP contribution in [0.25, 0.3) is 17.3 Å². The van der Waals surface area contributed by atoms with Crippen molar-refractivity contribution in [2.45, 2.75) is 53.0 Å². The molecule has 0 saturated carbocycles. The minimum atomic E-state index is -0.985. The van der Waals surface area contributed by atoms with E-state index < -0.39 is 5.97 Å². The van der Waals surface area contributed by atoms with Crippen molar-refractivity contribution in [1.29, 1.82) is 0 Å². The van der Waals surface area contributed by atoms with Gasteiger partial charge in [0.15, 0.2) is 5.69 Å². The maximum atomic E-state index is 12.9. The number of carbonyl (C=O) groups is 2. The summed E-state index contributed by atoms with van der Waals surface area (Å²) in [6.45, 7) is 10.4. The number of carboxylic acid groups (broad SMARTS) is 1. The molecule has 0 aliphatic carbocycles. The molecule has 0 aliphatic rings. The normalized spacial score (nSPS) is 12.3. The molecule has 0 saturated heterocycles. The lowest BCUT2D eigenvalue weighted by Gasteiger charge is -2.11. The third kappa shape index (κ3) is 8.86. The van der Waals surface area contributed by atoms with Crippen molar-refractivity contribution < 1.29 is 14.7 Å². The molecule has 1 aromatic heterocycles. The Balaban J connectivity index is 1.84. The van der Waals surface area contributed by atoms with E-state index in [-0.39, 0.29) is 18.0 Å². The summed E-state index contributed by atoms with van der Waals surface area (Å²) < 4.78 is 1.71. The van der Waals surface area contributed by atoms with Gasteiger partial charge in [-0.1, -0.05) is 61.9 Å². The summed E-state index contributed by atoms with van der Waals surface area (Å²) in [5, 5.41) is 16.4. The smallest absolute Gasteiger partial charge is 0.335 e. The number of carbonyl (C=O) groups excluding carboxylic acids is 1. The van der Waals surface area contributed by atoms with Crippen LogP contribution in [0.4, 0.5) is 0 Å². The topological polar surface area (TPSA) is 96.6 Å². The highest BCUT2D eigenvalue weighted by molar-refractivity contribution is 5.93. The van der Waals surface area contributed by atoms with Crippen molar-refractivity contribution in [3.63, 3.8) is 0 Å². The van der Waals surface area contributed by atoms with Gasteiger partial charge in [-0.15, -0.1) is 6.58 Å². The zero-order chi connectivity index (χ0) is 30.5. The van der Waals surface area contributed by atoms with E-state index in [0.29, 0.717) is 5.69 Å². The van der Waals surface area contributed by atoms with E-state index >= 15 is 0 Å². The molecular weight excluding hydrogens is 524 g/mol. The average Bonchev–Trinajstić information content (AvgIpc) is 3.38. The maximum Gasteiger partial charge on any atom is 0.335 e. The second kappa shape index (κ2) is 15.9. The molecule has 42 heavy (non-hydrogen) atoms. The number of hydrogen-bond acceptors (Lipinski definition) is 4. The Morgan fingerprint density at radius 2 is 1.88 bits per heavy atom. The molecule has 0 radical (unpaired) electrons. The Morgan fingerprint density at radius 1 is 1.12 bits per heavy atom. The average molecular weight is 565 g/mol. The maximum absolute atomic E-state index is 12.9. The number of hydrogen-bond donors (Lipinski definition) is 2. The third-order valence-electron chi connectivity index (χ3n) is 6.83. The van der Waals surface area contributed by atoms with Crippen molar-refractivity contribution in [1.82, 2.24) is 15.1 Å². The van der Waals surface area contributed by atoms with E-state index in [1.807, 2.05) is 38.5 Å². The molecule has 1 heterocycles. The molecule has 0 aliphatic heterocycles. The Bertz CT molecular complexity index is 1520. The van der Waals surface area contributed by atoms with Gasteiger partial charge in [0.25, 0.3) is 5.91 Å². The van der Waals surface area contributed by atoms with E-state index in [1.165, 1.54) is 17.7 Å². The molecule has 2 aromatic carbocycles. The summed E-state index contributed by atoms with van der Waals surface area (Å²) in [5.74, 6) is -1.29. The van der Waals surface area contributed by atoms with Crippen LogP contribution in [0.3, 0.4) is 0 Å². The summed E-state index contributed by atoms with van der Waals surface area (Å²) >= 11 is 0. The number of aryl methyl sites for hydroxylation is 2. The van der Waals surface area contributed by atoms with E-state index in [0.717, 1.165) is 59.2 Å². The molecule has 7 nitrogen and oxygen atoms in total. The first-order valence-corrected chi connectivity index (χ1v) is 14.2. The number of nitrogens with zero attached hydrogens (tertiary/aromatic N) is 3. The van der Waals surface area contributed by atoms with E-state index in [9.17, 15) is 9.59 Å².